The molecule has 0 aromatic heterocycles. The molecule has 1 aliphatic rings. The predicted octanol–water partition coefficient (Wildman–Crippen LogP) is 2.54. The third kappa shape index (κ3) is 2.70. The lowest BCUT2D eigenvalue weighted by atomic mass is 10.3. The van der Waals surface area contributed by atoms with Crippen LogP contribution in [0, 0.1) is 5.82 Å². The average molecular weight is 227 g/mol. The number of rotatable bonds is 2. The lowest BCUT2D eigenvalue weighted by molar-refractivity contribution is 0.00815. The maximum absolute atomic E-state index is 12.6. The molecule has 15 heavy (non-hydrogen) atoms. The highest BCUT2D eigenvalue weighted by molar-refractivity contribution is 6.29. The molecule has 0 N–H and O–H groups in total. The maximum atomic E-state index is 12.6. The summed E-state index contributed by atoms with van der Waals surface area (Å²) in [7, 11) is 0. The Hall–Kier alpha value is -1.55. The molecule has 1 aliphatic heterocycles. The Morgan fingerprint density at radius 1 is 1.33 bits per heavy atom. The molecule has 0 bridgehead atoms. The highest BCUT2D eigenvalue weighted by Crippen LogP contribution is 2.15. The van der Waals surface area contributed by atoms with Crippen LogP contribution in [0.25, 0.3) is 0 Å². The van der Waals surface area contributed by atoms with Crippen molar-refractivity contribution in [3.63, 3.8) is 0 Å². The molecule has 0 spiro atoms. The van der Waals surface area contributed by atoms with Gasteiger partial charge in [0.15, 0.2) is 5.75 Å². The fourth-order valence-corrected chi connectivity index (χ4v) is 1.29. The van der Waals surface area contributed by atoms with Crippen LogP contribution >= 0.6 is 11.6 Å². The second kappa shape index (κ2) is 4.31. The first-order chi connectivity index (χ1) is 7.24. The van der Waals surface area contributed by atoms with Crippen LogP contribution in [-0.2, 0) is 0 Å². The van der Waals surface area contributed by atoms with Gasteiger partial charge in [-0.15, -0.1) is 0 Å². The first-order valence-electron chi connectivity index (χ1n) is 4.34. The third-order valence-electron chi connectivity index (χ3n) is 1.76. The van der Waals surface area contributed by atoms with Crippen LogP contribution in [0.1, 0.15) is 0 Å². The Bertz CT molecular complexity index is 402. The molecule has 0 amide bonds. The zero-order chi connectivity index (χ0) is 10.7. The largest absolute Gasteiger partial charge is 0.380 e. The van der Waals surface area contributed by atoms with E-state index in [-0.39, 0.29) is 5.82 Å². The van der Waals surface area contributed by atoms with E-state index in [1.54, 1.807) is 24.5 Å². The molecule has 3 nitrogen and oxygen atoms in total. The zero-order valence-electron chi connectivity index (χ0n) is 7.73. The number of hydrogen-bond donors (Lipinski definition) is 0. The fraction of sp³-hybridized carbons (Fsp3) is 0.100. The van der Waals surface area contributed by atoms with Gasteiger partial charge in [-0.2, -0.15) is 0 Å². The van der Waals surface area contributed by atoms with Crippen molar-refractivity contribution in [2.45, 2.75) is 0 Å². The first kappa shape index (κ1) is 9.98. The Balaban J connectivity index is 2.03. The van der Waals surface area contributed by atoms with Gasteiger partial charge in [0.2, 0.25) is 0 Å². The molecular formula is C10H8ClFN2O. The van der Waals surface area contributed by atoms with Crippen molar-refractivity contribution in [1.29, 1.82) is 0 Å². The van der Waals surface area contributed by atoms with E-state index in [0.717, 1.165) is 0 Å². The van der Waals surface area contributed by atoms with E-state index in [1.807, 2.05) is 0 Å². The van der Waals surface area contributed by atoms with Gasteiger partial charge in [0.05, 0.1) is 12.7 Å². The van der Waals surface area contributed by atoms with Gasteiger partial charge >= 0.3 is 0 Å². The molecule has 2 rings (SSSR count). The number of halogens is 2. The van der Waals surface area contributed by atoms with Crippen molar-refractivity contribution in [2.24, 2.45) is 4.99 Å². The quantitative estimate of drug-likeness (QED) is 0.724. The molecule has 0 atom stereocenters. The third-order valence-corrected chi connectivity index (χ3v) is 1.96. The summed E-state index contributed by atoms with van der Waals surface area (Å²) in [6.45, 7) is 0.508. The van der Waals surface area contributed by atoms with Gasteiger partial charge < -0.3 is 4.84 Å². The smallest absolute Gasteiger partial charge is 0.155 e. The Morgan fingerprint density at radius 3 is 2.73 bits per heavy atom. The molecule has 0 saturated carbocycles. The minimum atomic E-state index is -0.295. The molecule has 1 aromatic carbocycles. The van der Waals surface area contributed by atoms with Gasteiger partial charge in [-0.25, -0.2) is 14.4 Å². The van der Waals surface area contributed by atoms with Crippen LogP contribution in [0.2, 0.25) is 0 Å². The summed E-state index contributed by atoms with van der Waals surface area (Å²) in [4.78, 5) is 9.25. The van der Waals surface area contributed by atoms with E-state index in [4.69, 9.17) is 16.4 Å². The van der Waals surface area contributed by atoms with E-state index in [9.17, 15) is 4.39 Å². The Kier molecular flexibility index (Phi) is 2.87. The highest BCUT2D eigenvalue weighted by Gasteiger charge is 2.06. The molecule has 0 unspecified atom stereocenters. The van der Waals surface area contributed by atoms with Crippen molar-refractivity contribution in [3.05, 3.63) is 41.4 Å². The molecule has 78 valence electrons. The first-order valence-corrected chi connectivity index (χ1v) is 4.72. The van der Waals surface area contributed by atoms with E-state index in [0.29, 0.717) is 17.5 Å². The summed E-state index contributed by atoms with van der Waals surface area (Å²) in [5, 5.41) is 1.87. The van der Waals surface area contributed by atoms with E-state index in [1.165, 1.54) is 17.2 Å². The van der Waals surface area contributed by atoms with Crippen LogP contribution in [-0.4, -0.2) is 17.8 Å². The Morgan fingerprint density at radius 2 is 2.07 bits per heavy atom. The number of nitrogens with zero attached hydrogens (tertiary/aromatic N) is 2. The van der Waals surface area contributed by atoms with Crippen molar-refractivity contribution < 1.29 is 9.23 Å². The minimum Gasteiger partial charge on any atom is -0.380 e. The lowest BCUT2D eigenvalue weighted by Crippen LogP contribution is -2.25. The van der Waals surface area contributed by atoms with Crippen molar-refractivity contribution in [2.75, 3.05) is 6.54 Å². The van der Waals surface area contributed by atoms with Gasteiger partial charge in [0, 0.05) is 6.21 Å². The summed E-state index contributed by atoms with van der Waals surface area (Å²) in [6, 6.07) is 5.75. The topological polar surface area (TPSA) is 24.8 Å². The average Bonchev–Trinajstić information content (AvgIpc) is 2.22. The van der Waals surface area contributed by atoms with Crippen LogP contribution in [0.4, 0.5) is 4.39 Å². The number of hydroxylamine groups is 2. The normalized spacial score (nSPS) is 15.1. The fourth-order valence-electron chi connectivity index (χ4n) is 1.11. The van der Waals surface area contributed by atoms with Gasteiger partial charge in [-0.1, -0.05) is 11.6 Å². The lowest BCUT2D eigenvalue weighted by Gasteiger charge is -2.20. The van der Waals surface area contributed by atoms with Gasteiger partial charge in [0.25, 0.3) is 0 Å². The second-order valence-corrected chi connectivity index (χ2v) is 3.30. The summed E-state index contributed by atoms with van der Waals surface area (Å²) in [6.07, 6.45) is 3.19. The summed E-state index contributed by atoms with van der Waals surface area (Å²) in [5.74, 6) is 0.253. The molecule has 1 heterocycles. The second-order valence-electron chi connectivity index (χ2n) is 2.91. The number of aliphatic imine (C=N–C) groups is 1. The predicted molar refractivity (Wildman–Crippen MR) is 56.2 cm³/mol. The summed E-state index contributed by atoms with van der Waals surface area (Å²) >= 11 is 5.68. The van der Waals surface area contributed by atoms with E-state index < -0.39 is 0 Å². The Labute approximate surface area is 91.4 Å². The van der Waals surface area contributed by atoms with Gasteiger partial charge in [0.1, 0.15) is 11.0 Å². The van der Waals surface area contributed by atoms with Crippen LogP contribution < -0.4 is 4.84 Å². The maximum Gasteiger partial charge on any atom is 0.155 e. The molecule has 0 aliphatic carbocycles. The van der Waals surface area contributed by atoms with Crippen molar-refractivity contribution >= 4 is 17.8 Å². The summed E-state index contributed by atoms with van der Waals surface area (Å²) < 4.78 is 12.6. The minimum absolute atomic E-state index is 0.295. The molecule has 5 heteroatoms. The highest BCUT2D eigenvalue weighted by atomic mass is 35.5. The number of hydrogen-bond acceptors (Lipinski definition) is 3. The van der Waals surface area contributed by atoms with Crippen LogP contribution in [0.3, 0.4) is 0 Å². The molecule has 0 fully saturated rings. The molecular weight excluding hydrogens is 219 g/mol. The van der Waals surface area contributed by atoms with Crippen molar-refractivity contribution in [1.82, 2.24) is 5.06 Å². The van der Waals surface area contributed by atoms with Crippen LogP contribution in [0.15, 0.2) is 40.6 Å². The zero-order valence-corrected chi connectivity index (χ0v) is 8.49. The monoisotopic (exact) mass is 226 g/mol. The van der Waals surface area contributed by atoms with E-state index in [2.05, 4.69) is 4.99 Å². The number of benzene rings is 1. The van der Waals surface area contributed by atoms with Crippen molar-refractivity contribution in [3.8, 4) is 5.75 Å². The molecule has 0 saturated heterocycles. The molecule has 1 aromatic rings. The molecule has 0 radical (unpaired) electrons. The van der Waals surface area contributed by atoms with Crippen LogP contribution in [0.5, 0.6) is 5.75 Å². The SMILES string of the molecule is Fc1ccc(ON2C=C(Cl)N=CC2)cc1. The standard InChI is InChI=1S/C10H8ClFN2O/c11-10-7-14(6-5-13-10)15-9-3-1-8(12)2-4-9/h1-5,7H,6H2. The van der Waals surface area contributed by atoms with E-state index >= 15 is 0 Å². The van der Waals surface area contributed by atoms with Gasteiger partial charge in [-0.05, 0) is 24.3 Å². The summed E-state index contributed by atoms with van der Waals surface area (Å²) in [5.41, 5.74) is 0. The van der Waals surface area contributed by atoms with Gasteiger partial charge in [-0.3, -0.25) is 0 Å².